The van der Waals surface area contributed by atoms with Crippen LogP contribution in [0.2, 0.25) is 0 Å². The van der Waals surface area contributed by atoms with Crippen molar-refractivity contribution in [2.45, 2.75) is 18.9 Å². The summed E-state index contributed by atoms with van der Waals surface area (Å²) < 4.78 is 21.1. The Morgan fingerprint density at radius 1 is 1.86 bits per heavy atom. The molecule has 0 saturated heterocycles. The summed E-state index contributed by atoms with van der Waals surface area (Å²) in [6.07, 6.45) is 0.856. The Morgan fingerprint density at radius 3 is 3.07 bits per heavy atom. The largest absolute Gasteiger partial charge is 0.480 e. The molecule has 0 spiro atoms. The predicted molar refractivity (Wildman–Crippen MR) is 54.1 cm³/mol. The Labute approximate surface area is 87.8 Å². The van der Waals surface area contributed by atoms with E-state index in [4.69, 9.17) is 15.0 Å². The van der Waals surface area contributed by atoms with Gasteiger partial charge in [0.2, 0.25) is 0 Å². The highest BCUT2D eigenvalue weighted by molar-refractivity contribution is 5.73. The summed E-state index contributed by atoms with van der Waals surface area (Å²) in [5.41, 5.74) is 5.31. The minimum absolute atomic E-state index is 0.272. The van der Waals surface area contributed by atoms with Crippen molar-refractivity contribution in [2.75, 3.05) is 20.6 Å². The maximum Gasteiger partial charge on any atom is 0.320 e. The van der Waals surface area contributed by atoms with Gasteiger partial charge in [-0.05, 0) is 12.8 Å². The molecule has 6 nitrogen and oxygen atoms in total. The molecule has 14 heavy (non-hydrogen) atoms. The van der Waals surface area contributed by atoms with Gasteiger partial charge in [0.15, 0.2) is 0 Å². The van der Waals surface area contributed by atoms with E-state index >= 15 is 0 Å². The zero-order chi connectivity index (χ0) is 13.5. The van der Waals surface area contributed by atoms with Gasteiger partial charge < -0.3 is 16.2 Å². The van der Waals surface area contributed by atoms with Crippen LogP contribution in [0.15, 0.2) is 4.99 Å². The van der Waals surface area contributed by atoms with Crippen molar-refractivity contribution in [2.24, 2.45) is 10.7 Å². The molecule has 1 unspecified atom stereocenters. The number of hydrogen-bond donors (Lipinski definition) is 4. The monoisotopic (exact) mass is 206 g/mol. The molecule has 0 aliphatic heterocycles. The van der Waals surface area contributed by atoms with Crippen molar-refractivity contribution >= 4 is 11.9 Å². The Morgan fingerprint density at radius 2 is 2.57 bits per heavy atom. The summed E-state index contributed by atoms with van der Waals surface area (Å²) in [5.74, 6) is -0.766. The molecule has 0 radical (unpaired) electrons. The molecule has 0 amide bonds. The molecular weight excluding hydrogens is 184 g/mol. The van der Waals surface area contributed by atoms with Crippen molar-refractivity contribution in [1.29, 1.82) is 0 Å². The van der Waals surface area contributed by atoms with E-state index in [0.29, 0.717) is 19.4 Å². The van der Waals surface area contributed by atoms with Gasteiger partial charge in [-0.25, -0.2) is 4.99 Å². The Balaban J connectivity index is 3.83. The summed E-state index contributed by atoms with van der Waals surface area (Å²) in [5, 5.41) is 12.4. The molecule has 0 aliphatic rings. The van der Waals surface area contributed by atoms with Crippen molar-refractivity contribution in [3.8, 4) is 0 Å². The number of aliphatic carboxylic acids is 1. The average molecular weight is 206 g/mol. The smallest absolute Gasteiger partial charge is 0.320 e. The van der Waals surface area contributed by atoms with Crippen LogP contribution in [-0.4, -0.2) is 43.6 Å². The fraction of sp³-hybridized carbons (Fsp3) is 0.750. The highest BCUT2D eigenvalue weighted by atomic mass is 16.4. The summed E-state index contributed by atoms with van der Waals surface area (Å²) in [6, 6.07) is -0.884. The lowest BCUT2D eigenvalue weighted by atomic mass is 10.2. The van der Waals surface area contributed by atoms with E-state index in [1.165, 1.54) is 7.05 Å². The normalized spacial score (nSPS) is 17.9. The number of hydrogen-bond acceptors (Lipinski definition) is 3. The van der Waals surface area contributed by atoms with Gasteiger partial charge in [0, 0.05) is 13.6 Å². The lowest BCUT2D eigenvalue weighted by Gasteiger charge is -2.07. The first-order valence-electron chi connectivity index (χ1n) is 5.81. The molecule has 0 aromatic rings. The van der Waals surface area contributed by atoms with Gasteiger partial charge in [-0.2, -0.15) is 0 Å². The number of nitrogens with one attached hydrogen (secondary N) is 1. The maximum absolute atomic E-state index is 10.4. The molecule has 0 saturated carbocycles. The molecule has 6 N–H and O–H groups in total. The van der Waals surface area contributed by atoms with Crippen molar-refractivity contribution in [3.05, 3.63) is 0 Å². The number of guanidine groups is 1. The third kappa shape index (κ3) is 5.50. The SMILES string of the molecule is [2H]C([2H])([2H])[NH2+]C(=NC)NCCCC(N)C(=O)O. The Bertz CT molecular complexity index is 280. The first-order chi connectivity index (χ1) is 7.76. The van der Waals surface area contributed by atoms with Crippen molar-refractivity contribution in [1.82, 2.24) is 5.32 Å². The molecule has 0 aliphatic carbocycles. The topological polar surface area (TPSA) is 104 Å². The molecule has 0 rings (SSSR count). The molecule has 0 fully saturated rings. The van der Waals surface area contributed by atoms with Crippen molar-refractivity contribution in [3.63, 3.8) is 0 Å². The molecule has 0 heterocycles. The van der Waals surface area contributed by atoms with Crippen LogP contribution in [0.4, 0.5) is 0 Å². The zero-order valence-corrected chi connectivity index (χ0v) is 8.16. The molecule has 0 aromatic carbocycles. The van der Waals surface area contributed by atoms with Crippen LogP contribution in [-0.2, 0) is 4.79 Å². The van der Waals surface area contributed by atoms with Gasteiger partial charge in [-0.3, -0.25) is 10.1 Å². The van der Waals surface area contributed by atoms with Gasteiger partial charge >= 0.3 is 5.97 Å². The highest BCUT2D eigenvalue weighted by Crippen LogP contribution is 1.92. The number of rotatable bonds is 5. The lowest BCUT2D eigenvalue weighted by Crippen LogP contribution is -2.87. The second-order valence-corrected chi connectivity index (χ2v) is 2.77. The van der Waals surface area contributed by atoms with E-state index in [9.17, 15) is 4.79 Å². The second-order valence-electron chi connectivity index (χ2n) is 2.77. The van der Waals surface area contributed by atoms with Crippen LogP contribution in [0.3, 0.4) is 0 Å². The second kappa shape index (κ2) is 7.28. The molecule has 0 aromatic heterocycles. The number of carboxylic acids is 1. The fourth-order valence-corrected chi connectivity index (χ4v) is 0.857. The van der Waals surface area contributed by atoms with Gasteiger partial charge in [-0.1, -0.05) is 0 Å². The summed E-state index contributed by atoms with van der Waals surface area (Å²) >= 11 is 0. The number of aliphatic imine (C=N–C) groups is 1. The zero-order valence-electron chi connectivity index (χ0n) is 11.2. The van der Waals surface area contributed by atoms with Crippen LogP contribution < -0.4 is 16.4 Å². The van der Waals surface area contributed by atoms with E-state index in [0.717, 1.165) is 5.32 Å². The fourth-order valence-electron chi connectivity index (χ4n) is 0.857. The maximum atomic E-state index is 10.4. The van der Waals surface area contributed by atoms with E-state index in [1.807, 2.05) is 0 Å². The van der Waals surface area contributed by atoms with Gasteiger partial charge in [0.05, 0.1) is 11.1 Å². The molecular formula is C8H19N4O2+. The first kappa shape index (κ1) is 8.19. The van der Waals surface area contributed by atoms with Crippen LogP contribution in [0, 0.1) is 0 Å². The van der Waals surface area contributed by atoms with E-state index in [-0.39, 0.29) is 5.96 Å². The summed E-state index contributed by atoms with van der Waals surface area (Å²) in [4.78, 5) is 14.2. The van der Waals surface area contributed by atoms with Gasteiger partial charge in [0.1, 0.15) is 6.04 Å². The quantitative estimate of drug-likeness (QED) is 0.236. The molecule has 82 valence electrons. The number of carbonyl (C=O) groups is 1. The third-order valence-electron chi connectivity index (χ3n) is 1.69. The number of nitrogens with two attached hydrogens (primary N) is 2. The average Bonchev–Trinajstić information content (AvgIpc) is 2.20. The minimum atomic E-state index is -2.18. The molecule has 1 atom stereocenters. The van der Waals surface area contributed by atoms with Crippen molar-refractivity contribution < 1.29 is 19.3 Å². The Kier molecular flexibility index (Phi) is 4.26. The first-order valence-corrected chi connectivity index (χ1v) is 4.31. The highest BCUT2D eigenvalue weighted by Gasteiger charge is 2.10. The number of nitrogens with zero attached hydrogens (tertiary/aromatic N) is 1. The molecule has 0 bridgehead atoms. The standard InChI is InChI=1S/C8H18N4O2/c1-10-8(11-2)12-5-3-4-6(9)7(13)14/h6H,3-5,9H2,1-2H3,(H,13,14)(H2,10,11,12)/p+1/i1D3. The molecule has 6 heteroatoms. The summed E-state index contributed by atoms with van der Waals surface area (Å²) in [6.45, 7) is -1.75. The van der Waals surface area contributed by atoms with Crippen LogP contribution >= 0.6 is 0 Å². The minimum Gasteiger partial charge on any atom is -0.480 e. The van der Waals surface area contributed by atoms with Crippen LogP contribution in [0.25, 0.3) is 0 Å². The lowest BCUT2D eigenvalue weighted by molar-refractivity contribution is -0.510. The van der Waals surface area contributed by atoms with E-state index in [2.05, 4.69) is 10.3 Å². The Hall–Kier alpha value is -1.14. The van der Waals surface area contributed by atoms with Gasteiger partial charge in [0.25, 0.3) is 5.96 Å². The van der Waals surface area contributed by atoms with E-state index < -0.39 is 19.0 Å². The van der Waals surface area contributed by atoms with Crippen LogP contribution in [0.1, 0.15) is 17.0 Å². The summed E-state index contributed by atoms with van der Waals surface area (Å²) in [7, 11) is 1.48. The number of quaternary nitrogens is 1. The van der Waals surface area contributed by atoms with Gasteiger partial charge in [-0.15, -0.1) is 0 Å². The predicted octanol–water partition coefficient (Wildman–Crippen LogP) is -2.05. The number of carboxylic acid groups (broad SMARTS) is 1. The van der Waals surface area contributed by atoms with E-state index in [1.54, 1.807) is 0 Å². The van der Waals surface area contributed by atoms with Crippen LogP contribution in [0.5, 0.6) is 0 Å². The third-order valence-corrected chi connectivity index (χ3v) is 1.69.